The van der Waals surface area contributed by atoms with Crippen molar-refractivity contribution in [3.8, 4) is 0 Å². The van der Waals surface area contributed by atoms with Crippen molar-refractivity contribution in [3.05, 3.63) is 35.9 Å². The summed E-state index contributed by atoms with van der Waals surface area (Å²) < 4.78 is 0. The highest BCUT2D eigenvalue weighted by Gasteiger charge is 2.21. The Morgan fingerprint density at radius 1 is 1.18 bits per heavy atom. The maximum atomic E-state index is 9.17. The Kier molecular flexibility index (Phi) is 5.62. The molecule has 1 unspecified atom stereocenters. The average Bonchev–Trinajstić information content (AvgIpc) is 2.39. The molecule has 3 N–H and O–H groups in total. The van der Waals surface area contributed by atoms with Gasteiger partial charge in [0.15, 0.2) is 0 Å². The van der Waals surface area contributed by atoms with Crippen molar-refractivity contribution < 1.29 is 10.2 Å². The predicted molar refractivity (Wildman–Crippen MR) is 70.0 cm³/mol. The van der Waals surface area contributed by atoms with Gasteiger partial charge in [0.1, 0.15) is 0 Å². The van der Waals surface area contributed by atoms with Crippen LogP contribution in [0.15, 0.2) is 30.3 Å². The second kappa shape index (κ2) is 6.74. The summed E-state index contributed by atoms with van der Waals surface area (Å²) in [7, 11) is 0. The van der Waals surface area contributed by atoms with E-state index in [2.05, 4.69) is 24.4 Å². The van der Waals surface area contributed by atoms with E-state index < -0.39 is 5.41 Å². The van der Waals surface area contributed by atoms with Gasteiger partial charge >= 0.3 is 0 Å². The number of nitrogens with one attached hydrogen (secondary N) is 1. The second-order valence-electron chi connectivity index (χ2n) is 5.07. The Balaban J connectivity index is 2.37. The predicted octanol–water partition coefficient (Wildman–Crippen LogP) is 1.37. The van der Waals surface area contributed by atoms with Crippen molar-refractivity contribution in [2.75, 3.05) is 26.3 Å². The molecule has 0 saturated carbocycles. The third kappa shape index (κ3) is 4.46. The highest BCUT2D eigenvalue weighted by atomic mass is 16.3. The quantitative estimate of drug-likeness (QED) is 0.671. The first-order valence-electron chi connectivity index (χ1n) is 6.09. The minimum absolute atomic E-state index is 0.00375. The van der Waals surface area contributed by atoms with E-state index in [0.717, 1.165) is 6.54 Å². The zero-order chi connectivity index (χ0) is 12.7. The summed E-state index contributed by atoms with van der Waals surface area (Å²) in [5.74, 6) is 0.429. The molecule has 0 aliphatic carbocycles. The normalized spacial score (nSPS) is 13.6. The van der Waals surface area contributed by atoms with E-state index in [0.29, 0.717) is 12.5 Å². The smallest absolute Gasteiger partial charge is 0.0518 e. The molecule has 1 atom stereocenters. The van der Waals surface area contributed by atoms with Crippen LogP contribution in [-0.2, 0) is 0 Å². The summed E-state index contributed by atoms with van der Waals surface area (Å²) in [6.45, 7) is 5.49. The van der Waals surface area contributed by atoms with Crippen LogP contribution in [0.25, 0.3) is 0 Å². The van der Waals surface area contributed by atoms with Crippen LogP contribution in [0, 0.1) is 5.41 Å². The molecule has 3 nitrogen and oxygen atoms in total. The van der Waals surface area contributed by atoms with Gasteiger partial charge in [-0.25, -0.2) is 0 Å². The van der Waals surface area contributed by atoms with Gasteiger partial charge in [0.05, 0.1) is 13.2 Å². The second-order valence-corrected chi connectivity index (χ2v) is 5.07. The van der Waals surface area contributed by atoms with Crippen molar-refractivity contribution >= 4 is 0 Å². The molecule has 0 heterocycles. The van der Waals surface area contributed by atoms with Gasteiger partial charge in [-0.15, -0.1) is 0 Å². The highest BCUT2D eigenvalue weighted by Crippen LogP contribution is 2.15. The van der Waals surface area contributed by atoms with E-state index in [-0.39, 0.29) is 13.2 Å². The van der Waals surface area contributed by atoms with Gasteiger partial charge in [-0.1, -0.05) is 44.2 Å². The van der Waals surface area contributed by atoms with Gasteiger partial charge < -0.3 is 15.5 Å². The summed E-state index contributed by atoms with van der Waals surface area (Å²) in [6.07, 6.45) is 0. The minimum atomic E-state index is -0.434. The van der Waals surface area contributed by atoms with Crippen molar-refractivity contribution in [2.45, 2.75) is 19.8 Å². The molecule has 0 amide bonds. The molecule has 0 aliphatic heterocycles. The molecule has 0 saturated heterocycles. The Labute approximate surface area is 103 Å². The number of hydrogen-bond acceptors (Lipinski definition) is 3. The van der Waals surface area contributed by atoms with Gasteiger partial charge in [0, 0.05) is 18.5 Å². The summed E-state index contributed by atoms with van der Waals surface area (Å²) >= 11 is 0. The first kappa shape index (κ1) is 14.2. The van der Waals surface area contributed by atoms with E-state index in [4.69, 9.17) is 10.2 Å². The minimum Gasteiger partial charge on any atom is -0.396 e. The number of benzene rings is 1. The first-order valence-corrected chi connectivity index (χ1v) is 6.09. The van der Waals surface area contributed by atoms with Crippen LogP contribution in [-0.4, -0.2) is 36.5 Å². The van der Waals surface area contributed by atoms with E-state index in [1.165, 1.54) is 5.56 Å². The molecule has 1 aromatic carbocycles. The largest absolute Gasteiger partial charge is 0.396 e. The monoisotopic (exact) mass is 237 g/mol. The standard InChI is InChI=1S/C14H23NO2/c1-12(13-6-4-3-5-7-13)8-15-9-14(2,10-16)11-17/h3-7,12,15-17H,8-11H2,1-2H3. The van der Waals surface area contributed by atoms with Crippen LogP contribution in [0.2, 0.25) is 0 Å². The van der Waals surface area contributed by atoms with Crippen molar-refractivity contribution in [3.63, 3.8) is 0 Å². The van der Waals surface area contributed by atoms with Crippen LogP contribution in [0.4, 0.5) is 0 Å². The fraction of sp³-hybridized carbons (Fsp3) is 0.571. The van der Waals surface area contributed by atoms with E-state index in [9.17, 15) is 0 Å². The van der Waals surface area contributed by atoms with Crippen LogP contribution >= 0.6 is 0 Å². The maximum Gasteiger partial charge on any atom is 0.0518 e. The lowest BCUT2D eigenvalue weighted by atomic mass is 9.92. The number of aliphatic hydroxyl groups excluding tert-OH is 2. The van der Waals surface area contributed by atoms with E-state index in [1.54, 1.807) is 0 Å². The first-order chi connectivity index (χ1) is 8.11. The molecule has 17 heavy (non-hydrogen) atoms. The topological polar surface area (TPSA) is 52.5 Å². The summed E-state index contributed by atoms with van der Waals surface area (Å²) in [4.78, 5) is 0. The molecule has 3 heteroatoms. The Morgan fingerprint density at radius 3 is 2.29 bits per heavy atom. The Hall–Kier alpha value is -0.900. The highest BCUT2D eigenvalue weighted by molar-refractivity contribution is 5.18. The molecular formula is C14H23NO2. The third-order valence-electron chi connectivity index (χ3n) is 3.13. The lowest BCUT2D eigenvalue weighted by Gasteiger charge is -2.25. The van der Waals surface area contributed by atoms with Crippen molar-refractivity contribution in [1.29, 1.82) is 0 Å². The SMILES string of the molecule is CC(CNCC(C)(CO)CO)c1ccccc1. The van der Waals surface area contributed by atoms with Crippen molar-refractivity contribution in [1.82, 2.24) is 5.32 Å². The average molecular weight is 237 g/mol. The Morgan fingerprint density at radius 2 is 1.76 bits per heavy atom. The van der Waals surface area contributed by atoms with Crippen LogP contribution in [0.5, 0.6) is 0 Å². The summed E-state index contributed by atoms with van der Waals surface area (Å²) in [5, 5.41) is 21.6. The van der Waals surface area contributed by atoms with Crippen LogP contribution < -0.4 is 5.32 Å². The zero-order valence-electron chi connectivity index (χ0n) is 10.7. The molecule has 0 spiro atoms. The molecule has 0 bridgehead atoms. The Bertz CT molecular complexity index is 309. The molecular weight excluding hydrogens is 214 g/mol. The fourth-order valence-electron chi connectivity index (χ4n) is 1.65. The molecule has 0 radical (unpaired) electrons. The van der Waals surface area contributed by atoms with Gasteiger partial charge in [-0.05, 0) is 11.5 Å². The molecule has 0 fully saturated rings. The van der Waals surface area contributed by atoms with Gasteiger partial charge in [0.25, 0.3) is 0 Å². The molecule has 0 aromatic heterocycles. The van der Waals surface area contributed by atoms with Crippen molar-refractivity contribution in [2.24, 2.45) is 5.41 Å². The fourth-order valence-corrected chi connectivity index (χ4v) is 1.65. The maximum absolute atomic E-state index is 9.17. The van der Waals surface area contributed by atoms with Gasteiger partial charge in [-0.3, -0.25) is 0 Å². The number of rotatable bonds is 7. The van der Waals surface area contributed by atoms with E-state index >= 15 is 0 Å². The lowest BCUT2D eigenvalue weighted by Crippen LogP contribution is -2.39. The molecule has 1 rings (SSSR count). The van der Waals surface area contributed by atoms with E-state index in [1.807, 2.05) is 25.1 Å². The molecule has 0 aliphatic rings. The van der Waals surface area contributed by atoms with Crippen LogP contribution in [0.3, 0.4) is 0 Å². The number of hydrogen-bond donors (Lipinski definition) is 3. The summed E-state index contributed by atoms with van der Waals surface area (Å²) in [6, 6.07) is 10.3. The molecule has 96 valence electrons. The van der Waals surface area contributed by atoms with Crippen LogP contribution in [0.1, 0.15) is 25.3 Å². The molecule has 1 aromatic rings. The zero-order valence-corrected chi connectivity index (χ0v) is 10.7. The lowest BCUT2D eigenvalue weighted by molar-refractivity contribution is 0.0697. The van der Waals surface area contributed by atoms with Gasteiger partial charge in [0.2, 0.25) is 0 Å². The van der Waals surface area contributed by atoms with Gasteiger partial charge in [-0.2, -0.15) is 0 Å². The third-order valence-corrected chi connectivity index (χ3v) is 3.13. The number of aliphatic hydroxyl groups is 2. The summed E-state index contributed by atoms with van der Waals surface area (Å²) in [5.41, 5.74) is 0.867.